The van der Waals surface area contributed by atoms with E-state index in [0.29, 0.717) is 6.61 Å². The molecule has 0 radical (unpaired) electrons. The fourth-order valence-electron chi connectivity index (χ4n) is 3.21. The van der Waals surface area contributed by atoms with Gasteiger partial charge in [-0.25, -0.2) is 0 Å². The Labute approximate surface area is 153 Å². The maximum Gasteiger partial charge on any atom is 0.226 e. The van der Waals surface area contributed by atoms with Gasteiger partial charge in [-0.2, -0.15) is 0 Å². The van der Waals surface area contributed by atoms with Gasteiger partial charge in [-0.05, 0) is 34.9 Å². The number of benzene rings is 2. The van der Waals surface area contributed by atoms with Crippen LogP contribution in [0.25, 0.3) is 6.08 Å². The van der Waals surface area contributed by atoms with Crippen molar-refractivity contribution in [3.8, 4) is 0 Å². The van der Waals surface area contributed by atoms with Gasteiger partial charge in [0.1, 0.15) is 0 Å². The summed E-state index contributed by atoms with van der Waals surface area (Å²) in [5.41, 5.74) is 3.72. The monoisotopic (exact) mass is 350 g/mol. The molecule has 2 amide bonds. The number of anilines is 1. The standard InChI is InChI=1S/C21H22N2O3/c1-15(24)23-11-10-17-7-3-4-9-19(17)20(23)13-21(25)22-18-8-5-6-16(12-18)14-26-2/h3-12,20H,13-14H2,1-2H3,(H,22,25). The quantitative estimate of drug-likeness (QED) is 0.894. The molecule has 0 saturated heterocycles. The van der Waals surface area contributed by atoms with Gasteiger partial charge in [0.05, 0.1) is 19.1 Å². The van der Waals surface area contributed by atoms with Crippen molar-refractivity contribution in [1.82, 2.24) is 4.90 Å². The topological polar surface area (TPSA) is 58.6 Å². The Hall–Kier alpha value is -2.92. The van der Waals surface area contributed by atoms with E-state index in [0.717, 1.165) is 22.4 Å². The number of rotatable bonds is 5. The Bertz CT molecular complexity index is 845. The zero-order valence-electron chi connectivity index (χ0n) is 14.9. The molecule has 5 nitrogen and oxygen atoms in total. The Kier molecular flexibility index (Phi) is 5.49. The number of carbonyl (C=O) groups excluding carboxylic acids is 2. The lowest BCUT2D eigenvalue weighted by Gasteiger charge is -2.32. The first-order valence-corrected chi connectivity index (χ1v) is 8.52. The van der Waals surface area contributed by atoms with E-state index in [4.69, 9.17) is 4.74 Å². The summed E-state index contributed by atoms with van der Waals surface area (Å²) in [6.45, 7) is 2.00. The average molecular weight is 350 g/mol. The molecule has 0 aliphatic carbocycles. The summed E-state index contributed by atoms with van der Waals surface area (Å²) in [5, 5.41) is 2.92. The molecular weight excluding hydrogens is 328 g/mol. The molecule has 2 aromatic rings. The lowest BCUT2D eigenvalue weighted by molar-refractivity contribution is -0.129. The average Bonchev–Trinajstić information content (AvgIpc) is 2.62. The Morgan fingerprint density at radius 3 is 2.73 bits per heavy atom. The maximum atomic E-state index is 12.6. The van der Waals surface area contributed by atoms with Crippen molar-refractivity contribution < 1.29 is 14.3 Å². The van der Waals surface area contributed by atoms with Gasteiger partial charge >= 0.3 is 0 Å². The minimum Gasteiger partial charge on any atom is -0.380 e. The highest BCUT2D eigenvalue weighted by atomic mass is 16.5. The van der Waals surface area contributed by atoms with Crippen LogP contribution < -0.4 is 5.32 Å². The SMILES string of the molecule is COCc1cccc(NC(=O)CC2c3ccccc3C=CN2C(C)=O)c1. The molecule has 1 N–H and O–H groups in total. The molecule has 2 aromatic carbocycles. The third-order valence-corrected chi connectivity index (χ3v) is 4.37. The molecule has 0 saturated carbocycles. The van der Waals surface area contributed by atoms with Gasteiger partial charge in [-0.15, -0.1) is 0 Å². The molecular formula is C21H22N2O3. The molecule has 1 heterocycles. The van der Waals surface area contributed by atoms with E-state index in [1.165, 1.54) is 6.92 Å². The van der Waals surface area contributed by atoms with Gasteiger partial charge in [-0.3, -0.25) is 9.59 Å². The molecule has 1 aliphatic heterocycles. The highest BCUT2D eigenvalue weighted by Crippen LogP contribution is 2.33. The Morgan fingerprint density at radius 2 is 1.96 bits per heavy atom. The Morgan fingerprint density at radius 1 is 1.15 bits per heavy atom. The van der Waals surface area contributed by atoms with Gasteiger partial charge < -0.3 is 15.0 Å². The normalized spacial score (nSPS) is 15.5. The third-order valence-electron chi connectivity index (χ3n) is 4.37. The number of methoxy groups -OCH3 is 1. The van der Waals surface area contributed by atoms with Crippen LogP contribution in [0.5, 0.6) is 0 Å². The lowest BCUT2D eigenvalue weighted by atomic mass is 9.93. The van der Waals surface area contributed by atoms with Crippen LogP contribution in [0.1, 0.15) is 36.1 Å². The number of carbonyl (C=O) groups is 2. The first-order chi connectivity index (χ1) is 12.6. The molecule has 1 aliphatic rings. The fraction of sp³-hybridized carbons (Fsp3) is 0.238. The number of fused-ring (bicyclic) bond motifs is 1. The van der Waals surface area contributed by atoms with Crippen molar-refractivity contribution in [2.24, 2.45) is 0 Å². The first kappa shape index (κ1) is 17.9. The second-order valence-corrected chi connectivity index (χ2v) is 6.27. The molecule has 0 fully saturated rings. The van der Waals surface area contributed by atoms with Gasteiger partial charge in [0.15, 0.2) is 0 Å². The van der Waals surface area contributed by atoms with Gasteiger partial charge in [0.2, 0.25) is 11.8 Å². The maximum absolute atomic E-state index is 12.6. The highest BCUT2D eigenvalue weighted by molar-refractivity contribution is 5.92. The molecule has 1 unspecified atom stereocenters. The summed E-state index contributed by atoms with van der Waals surface area (Å²) in [5.74, 6) is -0.225. The van der Waals surface area contributed by atoms with E-state index in [1.807, 2.05) is 54.6 Å². The summed E-state index contributed by atoms with van der Waals surface area (Å²) < 4.78 is 5.12. The van der Waals surface area contributed by atoms with Crippen molar-refractivity contribution >= 4 is 23.6 Å². The molecule has 0 spiro atoms. The largest absolute Gasteiger partial charge is 0.380 e. The van der Waals surface area contributed by atoms with Crippen LogP contribution >= 0.6 is 0 Å². The summed E-state index contributed by atoms with van der Waals surface area (Å²) in [6, 6.07) is 15.1. The smallest absolute Gasteiger partial charge is 0.226 e. The van der Waals surface area contributed by atoms with Gasteiger partial charge in [0.25, 0.3) is 0 Å². The first-order valence-electron chi connectivity index (χ1n) is 8.52. The van der Waals surface area contributed by atoms with Crippen LogP contribution in [0, 0.1) is 0 Å². The minimum atomic E-state index is -0.309. The van der Waals surface area contributed by atoms with Crippen LogP contribution in [0.2, 0.25) is 0 Å². The predicted octanol–water partition coefficient (Wildman–Crippen LogP) is 3.74. The second-order valence-electron chi connectivity index (χ2n) is 6.27. The van der Waals surface area contributed by atoms with E-state index >= 15 is 0 Å². The number of ether oxygens (including phenoxy) is 1. The van der Waals surface area contributed by atoms with Crippen LogP contribution in [0.4, 0.5) is 5.69 Å². The predicted molar refractivity (Wildman–Crippen MR) is 101 cm³/mol. The summed E-state index contributed by atoms with van der Waals surface area (Å²) in [4.78, 5) is 26.2. The zero-order valence-corrected chi connectivity index (χ0v) is 14.9. The molecule has 0 bridgehead atoms. The van der Waals surface area contributed by atoms with Crippen molar-refractivity contribution in [3.63, 3.8) is 0 Å². The molecule has 1 atom stereocenters. The molecule has 3 rings (SSSR count). The van der Waals surface area contributed by atoms with E-state index in [-0.39, 0.29) is 24.3 Å². The van der Waals surface area contributed by atoms with Gasteiger partial charge in [0, 0.05) is 25.9 Å². The molecule has 134 valence electrons. The molecule has 26 heavy (non-hydrogen) atoms. The van der Waals surface area contributed by atoms with Crippen molar-refractivity contribution in [2.75, 3.05) is 12.4 Å². The number of nitrogens with zero attached hydrogens (tertiary/aromatic N) is 1. The van der Waals surface area contributed by atoms with Crippen LogP contribution in [0.15, 0.2) is 54.7 Å². The fourth-order valence-corrected chi connectivity index (χ4v) is 3.21. The van der Waals surface area contributed by atoms with E-state index in [2.05, 4.69) is 5.32 Å². The number of hydrogen-bond acceptors (Lipinski definition) is 3. The number of nitrogens with one attached hydrogen (secondary N) is 1. The Balaban J connectivity index is 1.77. The van der Waals surface area contributed by atoms with E-state index < -0.39 is 0 Å². The van der Waals surface area contributed by atoms with Crippen LogP contribution in [-0.2, 0) is 20.9 Å². The van der Waals surface area contributed by atoms with Gasteiger partial charge in [-0.1, -0.05) is 36.4 Å². The summed E-state index contributed by atoms with van der Waals surface area (Å²) in [6.07, 6.45) is 3.84. The van der Waals surface area contributed by atoms with Crippen molar-refractivity contribution in [1.29, 1.82) is 0 Å². The number of hydrogen-bond donors (Lipinski definition) is 1. The van der Waals surface area contributed by atoms with Crippen LogP contribution in [-0.4, -0.2) is 23.8 Å². The third kappa shape index (κ3) is 4.00. The lowest BCUT2D eigenvalue weighted by Crippen LogP contribution is -2.33. The van der Waals surface area contributed by atoms with E-state index in [1.54, 1.807) is 18.2 Å². The minimum absolute atomic E-state index is 0.0874. The highest BCUT2D eigenvalue weighted by Gasteiger charge is 2.28. The second kappa shape index (κ2) is 7.97. The van der Waals surface area contributed by atoms with Crippen LogP contribution in [0.3, 0.4) is 0 Å². The summed E-state index contributed by atoms with van der Waals surface area (Å²) in [7, 11) is 1.63. The van der Waals surface area contributed by atoms with Crippen molar-refractivity contribution in [3.05, 3.63) is 71.4 Å². The molecule has 5 heteroatoms. The number of amides is 2. The zero-order chi connectivity index (χ0) is 18.5. The van der Waals surface area contributed by atoms with E-state index in [9.17, 15) is 9.59 Å². The molecule has 0 aromatic heterocycles. The van der Waals surface area contributed by atoms with Crippen molar-refractivity contribution in [2.45, 2.75) is 26.0 Å². The summed E-state index contributed by atoms with van der Waals surface area (Å²) >= 11 is 0.